The summed E-state index contributed by atoms with van der Waals surface area (Å²) in [6, 6.07) is 8.42. The van der Waals surface area contributed by atoms with E-state index in [1.165, 1.54) is 0 Å². The second-order valence-electron chi connectivity index (χ2n) is 3.39. The molecule has 0 atom stereocenters. The van der Waals surface area contributed by atoms with Gasteiger partial charge in [0.15, 0.2) is 5.75 Å². The van der Waals surface area contributed by atoms with E-state index in [1.54, 1.807) is 36.5 Å². The van der Waals surface area contributed by atoms with Crippen LogP contribution in [0.3, 0.4) is 0 Å². The molecular formula is C12H8Cl2N2OS. The molecule has 0 unspecified atom stereocenters. The molecule has 2 aromatic rings. The third-order valence-electron chi connectivity index (χ3n) is 2.12. The van der Waals surface area contributed by atoms with Gasteiger partial charge in [0.25, 0.3) is 0 Å². The Balaban J connectivity index is 2.34. The Morgan fingerprint density at radius 2 is 2.00 bits per heavy atom. The molecule has 0 spiro atoms. The first-order valence-electron chi connectivity index (χ1n) is 4.95. The van der Waals surface area contributed by atoms with Crippen LogP contribution in [-0.2, 0) is 0 Å². The maximum Gasteiger partial charge on any atom is 0.156 e. The van der Waals surface area contributed by atoms with Gasteiger partial charge in [0.05, 0.1) is 10.0 Å². The van der Waals surface area contributed by atoms with Gasteiger partial charge in [-0.3, -0.25) is 0 Å². The highest BCUT2D eigenvalue weighted by Crippen LogP contribution is 2.30. The van der Waals surface area contributed by atoms with Crippen LogP contribution in [0.2, 0.25) is 10.0 Å². The maximum atomic E-state index is 5.90. The topological polar surface area (TPSA) is 48.1 Å². The third kappa shape index (κ3) is 2.90. The van der Waals surface area contributed by atoms with Crippen LogP contribution in [0.5, 0.6) is 11.5 Å². The first kappa shape index (κ1) is 13.1. The minimum absolute atomic E-state index is 0.172. The summed E-state index contributed by atoms with van der Waals surface area (Å²) in [5.41, 5.74) is 5.99. The van der Waals surface area contributed by atoms with Gasteiger partial charge < -0.3 is 10.5 Å². The molecule has 6 heteroatoms. The lowest BCUT2D eigenvalue weighted by Gasteiger charge is -2.09. The molecule has 1 heterocycles. The largest absolute Gasteiger partial charge is 0.455 e. The van der Waals surface area contributed by atoms with Gasteiger partial charge in [0.2, 0.25) is 0 Å². The fraction of sp³-hybridized carbons (Fsp3) is 0. The van der Waals surface area contributed by atoms with Crippen molar-refractivity contribution in [1.29, 1.82) is 0 Å². The zero-order valence-corrected chi connectivity index (χ0v) is 11.4. The molecule has 2 rings (SSSR count). The molecule has 0 radical (unpaired) electrons. The molecule has 2 N–H and O–H groups in total. The van der Waals surface area contributed by atoms with Crippen molar-refractivity contribution in [1.82, 2.24) is 4.98 Å². The number of benzene rings is 1. The van der Waals surface area contributed by atoms with Crippen LogP contribution in [-0.4, -0.2) is 9.97 Å². The fourth-order valence-electron chi connectivity index (χ4n) is 1.33. The zero-order valence-electron chi connectivity index (χ0n) is 9.06. The van der Waals surface area contributed by atoms with Gasteiger partial charge in [0, 0.05) is 12.3 Å². The highest BCUT2D eigenvalue weighted by molar-refractivity contribution is 7.80. The molecule has 1 aromatic heterocycles. The van der Waals surface area contributed by atoms with Crippen LogP contribution < -0.4 is 10.5 Å². The van der Waals surface area contributed by atoms with E-state index < -0.39 is 0 Å². The second-order valence-corrected chi connectivity index (χ2v) is 4.65. The van der Waals surface area contributed by atoms with Crippen molar-refractivity contribution < 1.29 is 4.74 Å². The molecule has 0 aliphatic heterocycles. The van der Waals surface area contributed by atoms with E-state index in [-0.39, 0.29) is 4.99 Å². The highest BCUT2D eigenvalue weighted by Gasteiger charge is 2.09. The van der Waals surface area contributed by atoms with Gasteiger partial charge in [0.1, 0.15) is 16.4 Å². The quantitative estimate of drug-likeness (QED) is 0.875. The lowest BCUT2D eigenvalue weighted by atomic mass is 10.3. The standard InChI is InChI=1S/C12H8Cl2N2OS/c13-8-4-3-7(6-9(8)14)17-10-2-1-5-16-11(10)12(15)18/h1-6H,(H2,15,18). The number of halogens is 2. The number of nitrogens with two attached hydrogens (primary N) is 1. The fourth-order valence-corrected chi connectivity index (χ4v) is 1.77. The Kier molecular flexibility index (Phi) is 4.01. The average Bonchev–Trinajstić information content (AvgIpc) is 2.34. The van der Waals surface area contributed by atoms with Crippen LogP contribution in [0.15, 0.2) is 36.5 Å². The van der Waals surface area contributed by atoms with E-state index in [2.05, 4.69) is 4.98 Å². The van der Waals surface area contributed by atoms with Crippen molar-refractivity contribution in [3.8, 4) is 11.5 Å². The predicted octanol–water partition coefficient (Wildman–Crippen LogP) is 3.81. The molecule has 18 heavy (non-hydrogen) atoms. The highest BCUT2D eigenvalue weighted by atomic mass is 35.5. The Bertz CT molecular complexity index is 604. The first-order valence-corrected chi connectivity index (χ1v) is 6.12. The van der Waals surface area contributed by atoms with Crippen molar-refractivity contribution in [2.75, 3.05) is 0 Å². The smallest absolute Gasteiger partial charge is 0.156 e. The Morgan fingerprint density at radius 1 is 1.22 bits per heavy atom. The molecule has 0 saturated heterocycles. The lowest BCUT2D eigenvalue weighted by molar-refractivity contribution is 0.479. The molecule has 92 valence electrons. The number of ether oxygens (including phenoxy) is 1. The summed E-state index contributed by atoms with van der Waals surface area (Å²) in [5, 5.41) is 0.875. The van der Waals surface area contributed by atoms with Crippen LogP contribution in [0, 0.1) is 0 Å². The lowest BCUT2D eigenvalue weighted by Crippen LogP contribution is -2.12. The van der Waals surface area contributed by atoms with Gasteiger partial charge >= 0.3 is 0 Å². The third-order valence-corrected chi connectivity index (χ3v) is 3.06. The van der Waals surface area contributed by atoms with Crippen molar-refractivity contribution in [3.05, 3.63) is 52.3 Å². The normalized spacial score (nSPS) is 10.1. The van der Waals surface area contributed by atoms with Gasteiger partial charge in [-0.15, -0.1) is 0 Å². The summed E-state index contributed by atoms with van der Waals surface area (Å²) in [4.78, 5) is 4.24. The van der Waals surface area contributed by atoms with Crippen LogP contribution in [0.25, 0.3) is 0 Å². The van der Waals surface area contributed by atoms with Gasteiger partial charge in [-0.25, -0.2) is 4.98 Å². The molecule has 0 aliphatic rings. The number of pyridine rings is 1. The van der Waals surface area contributed by atoms with E-state index in [0.29, 0.717) is 27.2 Å². The minimum atomic E-state index is 0.172. The Morgan fingerprint density at radius 3 is 2.67 bits per heavy atom. The summed E-state index contributed by atoms with van der Waals surface area (Å²) in [7, 11) is 0. The monoisotopic (exact) mass is 298 g/mol. The van der Waals surface area contributed by atoms with Gasteiger partial charge in [-0.2, -0.15) is 0 Å². The molecule has 1 aromatic carbocycles. The van der Waals surface area contributed by atoms with E-state index in [4.69, 9.17) is 45.9 Å². The van der Waals surface area contributed by atoms with E-state index in [1.807, 2.05) is 0 Å². The Labute approximate surface area is 119 Å². The molecule has 0 bridgehead atoms. The summed E-state index contributed by atoms with van der Waals surface area (Å²) in [5.74, 6) is 1.01. The molecular weight excluding hydrogens is 291 g/mol. The zero-order chi connectivity index (χ0) is 13.1. The minimum Gasteiger partial charge on any atom is -0.455 e. The van der Waals surface area contributed by atoms with E-state index >= 15 is 0 Å². The van der Waals surface area contributed by atoms with Crippen molar-refractivity contribution in [2.24, 2.45) is 5.73 Å². The summed E-state index contributed by atoms with van der Waals surface area (Å²) < 4.78 is 5.63. The number of nitrogens with zero attached hydrogens (tertiary/aromatic N) is 1. The number of hydrogen-bond donors (Lipinski definition) is 1. The molecule has 0 aliphatic carbocycles. The van der Waals surface area contributed by atoms with Crippen molar-refractivity contribution in [3.63, 3.8) is 0 Å². The van der Waals surface area contributed by atoms with Crippen molar-refractivity contribution >= 4 is 40.4 Å². The van der Waals surface area contributed by atoms with Crippen LogP contribution in [0.1, 0.15) is 5.69 Å². The number of thiocarbonyl (C=S) groups is 1. The molecule has 0 fully saturated rings. The molecule has 0 saturated carbocycles. The number of hydrogen-bond acceptors (Lipinski definition) is 3. The molecule has 0 amide bonds. The summed E-state index contributed by atoms with van der Waals surface area (Å²) >= 11 is 16.6. The second kappa shape index (κ2) is 5.52. The maximum absolute atomic E-state index is 5.90. The van der Waals surface area contributed by atoms with E-state index in [9.17, 15) is 0 Å². The van der Waals surface area contributed by atoms with Crippen molar-refractivity contribution in [2.45, 2.75) is 0 Å². The Hall–Kier alpha value is -1.36. The molecule has 3 nitrogen and oxygen atoms in total. The SMILES string of the molecule is NC(=S)c1ncccc1Oc1ccc(Cl)c(Cl)c1. The van der Waals surface area contributed by atoms with Gasteiger partial charge in [-0.1, -0.05) is 35.4 Å². The first-order chi connectivity index (χ1) is 8.58. The average molecular weight is 299 g/mol. The van der Waals surface area contributed by atoms with Crippen LogP contribution >= 0.6 is 35.4 Å². The predicted molar refractivity (Wildman–Crippen MR) is 76.7 cm³/mol. The number of rotatable bonds is 3. The van der Waals surface area contributed by atoms with E-state index in [0.717, 1.165) is 0 Å². The summed E-state index contributed by atoms with van der Waals surface area (Å²) in [6.45, 7) is 0. The summed E-state index contributed by atoms with van der Waals surface area (Å²) in [6.07, 6.45) is 1.59. The van der Waals surface area contributed by atoms with Crippen LogP contribution in [0.4, 0.5) is 0 Å². The number of aromatic nitrogens is 1. The van der Waals surface area contributed by atoms with Gasteiger partial charge in [-0.05, 0) is 24.3 Å².